The predicted molar refractivity (Wildman–Crippen MR) is 136 cm³/mol. The fourth-order valence-electron chi connectivity index (χ4n) is 4.13. The lowest BCUT2D eigenvalue weighted by Crippen LogP contribution is -2.05. The van der Waals surface area contributed by atoms with Crippen LogP contribution in [0.3, 0.4) is 0 Å². The number of hydrogen-bond donors (Lipinski definition) is 0. The highest BCUT2D eigenvalue weighted by molar-refractivity contribution is 5.90. The number of hydrogen-bond acceptors (Lipinski definition) is 8. The van der Waals surface area contributed by atoms with E-state index in [0.717, 1.165) is 0 Å². The molecule has 0 radical (unpaired) electrons. The highest BCUT2D eigenvalue weighted by Crippen LogP contribution is 2.35. The van der Waals surface area contributed by atoms with Crippen molar-refractivity contribution in [1.82, 2.24) is 0 Å². The minimum Gasteiger partial charge on any atom is -0.496 e. The zero-order chi connectivity index (χ0) is 25.4. The highest BCUT2D eigenvalue weighted by Gasteiger charge is 2.16. The first-order valence-corrected chi connectivity index (χ1v) is 11.0. The van der Waals surface area contributed by atoms with Crippen LogP contribution in [0.1, 0.15) is 0 Å². The van der Waals surface area contributed by atoms with E-state index in [4.69, 9.17) is 27.8 Å². The molecule has 0 unspecified atom stereocenters. The minimum absolute atomic E-state index is 0.357. The largest absolute Gasteiger partial charge is 0.496 e. The molecule has 182 valence electrons. The molecule has 0 bridgehead atoms. The zero-order valence-corrected chi connectivity index (χ0v) is 20.0. The summed E-state index contributed by atoms with van der Waals surface area (Å²) in [5.74, 6) is 2.07. The maximum Gasteiger partial charge on any atom is 0.344 e. The Balaban J connectivity index is 1.59. The van der Waals surface area contributed by atoms with Crippen molar-refractivity contribution in [2.45, 2.75) is 0 Å². The molecule has 2 heterocycles. The Hall–Kier alpha value is -4.72. The monoisotopic (exact) mass is 486 g/mol. The second kappa shape index (κ2) is 9.14. The molecule has 36 heavy (non-hydrogen) atoms. The molecule has 5 rings (SSSR count). The Labute approximate surface area is 205 Å². The van der Waals surface area contributed by atoms with Gasteiger partial charge in [-0.3, -0.25) is 0 Å². The van der Waals surface area contributed by atoms with Gasteiger partial charge in [-0.15, -0.1) is 0 Å². The van der Waals surface area contributed by atoms with Crippen LogP contribution in [0.5, 0.6) is 23.0 Å². The van der Waals surface area contributed by atoms with Gasteiger partial charge < -0.3 is 27.8 Å². The average Bonchev–Trinajstić information content (AvgIpc) is 2.90. The van der Waals surface area contributed by atoms with Crippen LogP contribution in [0, 0.1) is 0 Å². The van der Waals surface area contributed by atoms with Gasteiger partial charge in [0.25, 0.3) is 0 Å². The molecular weight excluding hydrogens is 464 g/mol. The molecule has 0 aliphatic heterocycles. The summed E-state index contributed by atoms with van der Waals surface area (Å²) in [5, 5.41) is 1.27. The lowest BCUT2D eigenvalue weighted by Gasteiger charge is -2.10. The molecule has 0 saturated carbocycles. The van der Waals surface area contributed by atoms with Gasteiger partial charge in [-0.05, 0) is 23.3 Å². The van der Waals surface area contributed by atoms with E-state index in [9.17, 15) is 9.59 Å². The Morgan fingerprint density at radius 1 is 0.528 bits per heavy atom. The van der Waals surface area contributed by atoms with Gasteiger partial charge in [-0.2, -0.15) is 0 Å². The van der Waals surface area contributed by atoms with Crippen LogP contribution >= 0.6 is 0 Å². The molecule has 0 fully saturated rings. The second-order valence-electron chi connectivity index (χ2n) is 7.96. The number of benzene rings is 3. The average molecular weight is 486 g/mol. The third kappa shape index (κ3) is 3.92. The molecule has 0 N–H and O–H groups in total. The molecule has 8 nitrogen and oxygen atoms in total. The maximum atomic E-state index is 12.8. The van der Waals surface area contributed by atoms with E-state index < -0.39 is 11.3 Å². The molecule has 0 saturated heterocycles. The molecule has 5 aromatic rings. The van der Waals surface area contributed by atoms with Crippen LogP contribution in [0.15, 0.2) is 79.1 Å². The summed E-state index contributed by atoms with van der Waals surface area (Å²) in [6, 6.07) is 17.1. The smallest absolute Gasteiger partial charge is 0.344 e. The van der Waals surface area contributed by atoms with E-state index >= 15 is 0 Å². The van der Waals surface area contributed by atoms with Crippen LogP contribution in [0.25, 0.3) is 44.2 Å². The molecule has 8 heteroatoms. The molecule has 0 aliphatic carbocycles. The summed E-state index contributed by atoms with van der Waals surface area (Å²) in [6.45, 7) is 0. The lowest BCUT2D eigenvalue weighted by atomic mass is 10.0. The van der Waals surface area contributed by atoms with E-state index in [1.807, 2.05) is 0 Å². The van der Waals surface area contributed by atoms with E-state index in [1.165, 1.54) is 28.4 Å². The molecule has 3 aromatic carbocycles. The Morgan fingerprint density at radius 3 is 1.25 bits per heavy atom. The van der Waals surface area contributed by atoms with Crippen molar-refractivity contribution in [2.24, 2.45) is 0 Å². The van der Waals surface area contributed by atoms with Crippen molar-refractivity contribution in [3.8, 4) is 45.3 Å². The SMILES string of the molecule is COc1cc(OC)c2cc(-c3ccc(-c4cc5c(OC)cc(OC)cc5oc4=O)cc3)c(=O)oc2c1. The maximum absolute atomic E-state index is 12.8. The molecule has 0 spiro atoms. The van der Waals surface area contributed by atoms with E-state index in [2.05, 4.69) is 0 Å². The molecule has 0 amide bonds. The standard InChI is InChI=1S/C28H22O8/c1-31-17-9-23(33-3)21-13-19(27(29)35-25(21)11-17)15-5-7-16(8-6-15)20-14-22-24(34-4)10-18(32-2)12-26(22)36-28(20)30/h5-14H,1-4H3. The van der Waals surface area contributed by atoms with Crippen molar-refractivity contribution in [3.63, 3.8) is 0 Å². The summed E-state index contributed by atoms with van der Waals surface area (Å²) in [4.78, 5) is 25.5. The number of fused-ring (bicyclic) bond motifs is 2. The van der Waals surface area contributed by atoms with Gasteiger partial charge in [0.1, 0.15) is 34.2 Å². The summed E-state index contributed by atoms with van der Waals surface area (Å²) < 4.78 is 32.5. The Morgan fingerprint density at radius 2 is 0.917 bits per heavy atom. The summed E-state index contributed by atoms with van der Waals surface area (Å²) in [6.07, 6.45) is 0. The van der Waals surface area contributed by atoms with Crippen LogP contribution < -0.4 is 30.2 Å². The van der Waals surface area contributed by atoms with Gasteiger partial charge in [-0.25, -0.2) is 9.59 Å². The lowest BCUT2D eigenvalue weighted by molar-refractivity contribution is 0.395. The van der Waals surface area contributed by atoms with Crippen LogP contribution in [0.2, 0.25) is 0 Å². The summed E-state index contributed by atoms with van der Waals surface area (Å²) in [7, 11) is 6.12. The number of rotatable bonds is 6. The van der Waals surface area contributed by atoms with Crippen molar-refractivity contribution < 1.29 is 27.8 Å². The second-order valence-corrected chi connectivity index (χ2v) is 7.96. The third-order valence-corrected chi connectivity index (χ3v) is 6.00. The predicted octanol–water partition coefficient (Wildman–Crippen LogP) is 5.27. The fourth-order valence-corrected chi connectivity index (χ4v) is 4.13. The highest BCUT2D eigenvalue weighted by atomic mass is 16.5. The molecule has 0 atom stereocenters. The summed E-state index contributed by atoms with van der Waals surface area (Å²) >= 11 is 0. The van der Waals surface area contributed by atoms with Gasteiger partial charge in [0, 0.05) is 24.3 Å². The topological polar surface area (TPSA) is 97.3 Å². The van der Waals surface area contributed by atoms with Gasteiger partial charge in [0.15, 0.2) is 0 Å². The number of methoxy groups -OCH3 is 4. The van der Waals surface area contributed by atoms with Crippen molar-refractivity contribution >= 4 is 21.9 Å². The quantitative estimate of drug-likeness (QED) is 0.300. The van der Waals surface area contributed by atoms with Gasteiger partial charge in [0.05, 0.1) is 50.3 Å². The zero-order valence-electron chi connectivity index (χ0n) is 20.0. The van der Waals surface area contributed by atoms with E-state index in [0.29, 0.717) is 67.2 Å². The molecular formula is C28H22O8. The summed E-state index contributed by atoms with van der Waals surface area (Å²) in [5.41, 5.74) is 1.67. The van der Waals surface area contributed by atoms with E-state index in [1.54, 1.807) is 60.7 Å². The minimum atomic E-state index is -0.505. The first-order chi connectivity index (χ1) is 17.4. The van der Waals surface area contributed by atoms with Crippen LogP contribution in [-0.2, 0) is 0 Å². The fraction of sp³-hybridized carbons (Fsp3) is 0.143. The van der Waals surface area contributed by atoms with Crippen molar-refractivity contribution in [3.05, 3.63) is 81.5 Å². The first kappa shape index (κ1) is 23.0. The molecule has 2 aromatic heterocycles. The van der Waals surface area contributed by atoms with Gasteiger partial charge >= 0.3 is 11.3 Å². The van der Waals surface area contributed by atoms with Crippen molar-refractivity contribution in [1.29, 1.82) is 0 Å². The Bertz CT molecular complexity index is 1580. The normalized spacial score (nSPS) is 11.0. The van der Waals surface area contributed by atoms with Gasteiger partial charge in [-0.1, -0.05) is 24.3 Å². The van der Waals surface area contributed by atoms with Crippen LogP contribution in [-0.4, -0.2) is 28.4 Å². The van der Waals surface area contributed by atoms with Gasteiger partial charge in [0.2, 0.25) is 0 Å². The third-order valence-electron chi connectivity index (χ3n) is 6.00. The van der Waals surface area contributed by atoms with Crippen molar-refractivity contribution in [2.75, 3.05) is 28.4 Å². The molecule has 0 aliphatic rings. The van der Waals surface area contributed by atoms with E-state index in [-0.39, 0.29) is 0 Å². The number of ether oxygens (including phenoxy) is 4. The van der Waals surface area contributed by atoms with Crippen LogP contribution in [0.4, 0.5) is 0 Å². The first-order valence-electron chi connectivity index (χ1n) is 11.0. The Kier molecular flexibility index (Phi) is 5.85.